The number of anilines is 1. The van der Waals surface area contributed by atoms with Gasteiger partial charge in [-0.15, -0.1) is 10.2 Å². The highest BCUT2D eigenvalue weighted by atomic mass is 35.5. The maximum absolute atomic E-state index is 12.9. The number of aryl methyl sites for hydroxylation is 3. The number of amides is 2. The number of rotatable bonds is 9. The quantitative estimate of drug-likeness (QED) is 0.356. The van der Waals surface area contributed by atoms with Crippen molar-refractivity contribution in [2.24, 2.45) is 5.92 Å². The first kappa shape index (κ1) is 26.8. The minimum Gasteiger partial charge on any atom is -0.342 e. The van der Waals surface area contributed by atoms with Crippen LogP contribution in [0.4, 0.5) is 5.69 Å². The molecule has 3 rings (SSSR count). The smallest absolute Gasteiger partial charge is 0.253 e. The molecular formula is C26H32ClN5O2S. The third kappa shape index (κ3) is 6.44. The fraction of sp³-hybridized carbons (Fsp3) is 0.385. The molecule has 1 heterocycles. The van der Waals surface area contributed by atoms with Crippen LogP contribution in [0.3, 0.4) is 0 Å². The van der Waals surface area contributed by atoms with E-state index in [1.807, 2.05) is 46.1 Å². The van der Waals surface area contributed by atoms with E-state index in [4.69, 9.17) is 11.6 Å². The maximum Gasteiger partial charge on any atom is 0.253 e. The molecule has 0 aliphatic carbocycles. The number of carbonyl (C=O) groups is 2. The molecule has 2 aromatic carbocycles. The fourth-order valence-electron chi connectivity index (χ4n) is 4.01. The number of halogens is 1. The van der Waals surface area contributed by atoms with Crippen molar-refractivity contribution >= 4 is 40.9 Å². The van der Waals surface area contributed by atoms with E-state index in [9.17, 15) is 9.59 Å². The van der Waals surface area contributed by atoms with Crippen LogP contribution < -0.4 is 10.6 Å². The van der Waals surface area contributed by atoms with Gasteiger partial charge in [0.1, 0.15) is 0 Å². The second kappa shape index (κ2) is 11.7. The summed E-state index contributed by atoms with van der Waals surface area (Å²) in [5.41, 5.74) is 4.50. The van der Waals surface area contributed by atoms with Crippen molar-refractivity contribution < 1.29 is 9.59 Å². The molecule has 0 aliphatic heterocycles. The lowest BCUT2D eigenvalue weighted by Crippen LogP contribution is -2.34. The zero-order valence-corrected chi connectivity index (χ0v) is 22.5. The average molecular weight is 514 g/mol. The normalized spacial score (nSPS) is 12.0. The average Bonchev–Trinajstić information content (AvgIpc) is 3.20. The minimum atomic E-state index is -0.368. The number of thioether (sulfide) groups is 1. The monoisotopic (exact) mass is 513 g/mol. The first-order valence-corrected chi connectivity index (χ1v) is 13.0. The van der Waals surface area contributed by atoms with Crippen molar-refractivity contribution in [3.8, 4) is 0 Å². The Bertz CT molecular complexity index is 1200. The van der Waals surface area contributed by atoms with E-state index in [0.29, 0.717) is 28.1 Å². The summed E-state index contributed by atoms with van der Waals surface area (Å²) in [6, 6.07) is 10.7. The number of carbonyl (C=O) groups excluding carboxylic acids is 2. The summed E-state index contributed by atoms with van der Waals surface area (Å²) >= 11 is 7.54. The van der Waals surface area contributed by atoms with E-state index in [2.05, 4.69) is 33.0 Å². The number of hydrogen-bond acceptors (Lipinski definition) is 5. The lowest BCUT2D eigenvalue weighted by atomic mass is 10.0. The predicted octanol–water partition coefficient (Wildman–Crippen LogP) is 5.73. The number of aromatic nitrogens is 3. The van der Waals surface area contributed by atoms with Crippen molar-refractivity contribution in [2.45, 2.75) is 59.3 Å². The van der Waals surface area contributed by atoms with Crippen LogP contribution in [0.2, 0.25) is 5.02 Å². The lowest BCUT2D eigenvalue weighted by Gasteiger charge is -2.22. The molecule has 2 N–H and O–H groups in total. The Morgan fingerprint density at radius 1 is 1.09 bits per heavy atom. The van der Waals surface area contributed by atoms with Crippen molar-refractivity contribution in [2.75, 3.05) is 11.1 Å². The number of nitrogens with zero attached hydrogens (tertiary/aromatic N) is 3. The molecule has 186 valence electrons. The Balaban J connectivity index is 1.74. The highest BCUT2D eigenvalue weighted by Crippen LogP contribution is 2.27. The Kier molecular flexibility index (Phi) is 8.97. The van der Waals surface area contributed by atoms with Gasteiger partial charge < -0.3 is 15.2 Å². The first-order chi connectivity index (χ1) is 16.6. The third-order valence-electron chi connectivity index (χ3n) is 5.69. The molecule has 0 bridgehead atoms. The molecule has 0 fully saturated rings. The molecule has 3 aromatic rings. The van der Waals surface area contributed by atoms with Gasteiger partial charge in [0.25, 0.3) is 5.91 Å². The summed E-state index contributed by atoms with van der Waals surface area (Å²) in [6.07, 6.45) is 0. The van der Waals surface area contributed by atoms with E-state index in [0.717, 1.165) is 22.4 Å². The summed E-state index contributed by atoms with van der Waals surface area (Å²) < 4.78 is 1.94. The Morgan fingerprint density at radius 2 is 1.74 bits per heavy atom. The molecule has 1 aromatic heterocycles. The topological polar surface area (TPSA) is 88.9 Å². The van der Waals surface area contributed by atoms with Crippen LogP contribution in [0.25, 0.3) is 0 Å². The largest absolute Gasteiger partial charge is 0.342 e. The van der Waals surface area contributed by atoms with Crippen molar-refractivity contribution in [3.05, 3.63) is 69.5 Å². The molecule has 0 spiro atoms. The van der Waals surface area contributed by atoms with E-state index >= 15 is 0 Å². The van der Waals surface area contributed by atoms with Crippen LogP contribution in [-0.4, -0.2) is 32.3 Å². The molecule has 2 amide bonds. The molecule has 9 heteroatoms. The second-order valence-electron chi connectivity index (χ2n) is 8.87. The number of benzene rings is 2. The standard InChI is InChI=1S/C26H32ClN5O2S/c1-7-32-24(22(15(2)3)29-25(34)19-10-8-9-11-20(19)27)30-31-26(32)35-14-21(33)28-23-17(5)12-16(4)13-18(23)6/h8-13,15,22H,7,14H2,1-6H3,(H,28,33)(H,29,34)/t22-/m0/s1. The van der Waals surface area contributed by atoms with Crippen molar-refractivity contribution in [1.29, 1.82) is 0 Å². The van der Waals surface area contributed by atoms with Crippen molar-refractivity contribution in [3.63, 3.8) is 0 Å². The summed E-state index contributed by atoms with van der Waals surface area (Å²) in [5.74, 6) is 0.533. The fourth-order valence-corrected chi connectivity index (χ4v) is 5.04. The Morgan fingerprint density at radius 3 is 2.34 bits per heavy atom. The predicted molar refractivity (Wildman–Crippen MR) is 142 cm³/mol. The van der Waals surface area contributed by atoms with Gasteiger partial charge in [0.15, 0.2) is 11.0 Å². The van der Waals surface area contributed by atoms with Crippen LogP contribution in [0, 0.1) is 26.7 Å². The highest BCUT2D eigenvalue weighted by Gasteiger charge is 2.27. The summed E-state index contributed by atoms with van der Waals surface area (Å²) in [5, 5.41) is 15.8. The van der Waals surface area contributed by atoms with Gasteiger partial charge >= 0.3 is 0 Å². The Labute approximate surface area is 216 Å². The maximum atomic E-state index is 12.9. The molecule has 0 saturated carbocycles. The van der Waals surface area contributed by atoms with Crippen LogP contribution in [0.1, 0.15) is 59.7 Å². The van der Waals surface area contributed by atoms with E-state index in [-0.39, 0.29) is 29.5 Å². The summed E-state index contributed by atoms with van der Waals surface area (Å²) in [6.45, 7) is 12.6. The van der Waals surface area contributed by atoms with Gasteiger partial charge in [-0.2, -0.15) is 0 Å². The van der Waals surface area contributed by atoms with Gasteiger partial charge in [0, 0.05) is 12.2 Å². The SMILES string of the molecule is CCn1c(SCC(=O)Nc2c(C)cc(C)cc2C)nnc1[C@@H](NC(=O)c1ccccc1Cl)C(C)C. The highest BCUT2D eigenvalue weighted by molar-refractivity contribution is 7.99. The van der Waals surface area contributed by atoms with E-state index in [1.54, 1.807) is 24.3 Å². The zero-order valence-electron chi connectivity index (χ0n) is 21.0. The molecule has 0 aliphatic rings. The lowest BCUT2D eigenvalue weighted by molar-refractivity contribution is -0.113. The summed E-state index contributed by atoms with van der Waals surface area (Å²) in [4.78, 5) is 25.6. The number of hydrogen-bond donors (Lipinski definition) is 2. The van der Waals surface area contributed by atoms with Crippen LogP contribution >= 0.6 is 23.4 Å². The minimum absolute atomic E-state index is 0.0598. The van der Waals surface area contributed by atoms with Gasteiger partial charge in [-0.05, 0) is 56.9 Å². The Hall–Kier alpha value is -2.84. The number of nitrogens with one attached hydrogen (secondary N) is 2. The van der Waals surface area contributed by atoms with E-state index in [1.165, 1.54) is 11.8 Å². The first-order valence-electron chi connectivity index (χ1n) is 11.6. The van der Waals surface area contributed by atoms with E-state index < -0.39 is 0 Å². The van der Waals surface area contributed by atoms with Gasteiger partial charge in [-0.3, -0.25) is 9.59 Å². The molecule has 1 atom stereocenters. The molecule has 35 heavy (non-hydrogen) atoms. The van der Waals surface area contributed by atoms with Gasteiger partial charge in [0.05, 0.1) is 22.4 Å². The molecule has 0 unspecified atom stereocenters. The molecular weight excluding hydrogens is 482 g/mol. The zero-order chi connectivity index (χ0) is 25.7. The van der Waals surface area contributed by atoms with Crippen molar-refractivity contribution in [1.82, 2.24) is 20.1 Å². The van der Waals surface area contributed by atoms with Crippen LogP contribution in [0.15, 0.2) is 41.6 Å². The summed E-state index contributed by atoms with van der Waals surface area (Å²) in [7, 11) is 0. The molecule has 0 radical (unpaired) electrons. The van der Waals surface area contributed by atoms with Gasteiger partial charge in [-0.25, -0.2) is 0 Å². The van der Waals surface area contributed by atoms with Crippen LogP contribution in [0.5, 0.6) is 0 Å². The van der Waals surface area contributed by atoms with Gasteiger partial charge in [-0.1, -0.05) is 67.0 Å². The molecule has 0 saturated heterocycles. The second-order valence-corrected chi connectivity index (χ2v) is 10.2. The van der Waals surface area contributed by atoms with Gasteiger partial charge in [0.2, 0.25) is 5.91 Å². The third-order valence-corrected chi connectivity index (χ3v) is 6.98. The van der Waals surface area contributed by atoms with Crippen LogP contribution in [-0.2, 0) is 11.3 Å². The molecule has 7 nitrogen and oxygen atoms in total.